The number of esters is 1. The summed E-state index contributed by atoms with van der Waals surface area (Å²) in [5.41, 5.74) is -0.785. The minimum absolute atomic E-state index is 0.0196. The highest BCUT2D eigenvalue weighted by molar-refractivity contribution is 5.76. The first-order valence-corrected chi connectivity index (χ1v) is 5.91. The highest BCUT2D eigenvalue weighted by atomic mass is 16.6. The number of carbonyl (C=O) groups excluding carboxylic acids is 1. The van der Waals surface area contributed by atoms with Crippen molar-refractivity contribution in [1.29, 1.82) is 0 Å². The molecule has 0 radical (unpaired) electrons. The van der Waals surface area contributed by atoms with Crippen LogP contribution in [-0.4, -0.2) is 48.8 Å². The van der Waals surface area contributed by atoms with Crippen LogP contribution in [0.4, 0.5) is 0 Å². The van der Waals surface area contributed by atoms with Crippen LogP contribution in [0.2, 0.25) is 0 Å². The smallest absolute Gasteiger partial charge is 0.323 e. The van der Waals surface area contributed by atoms with E-state index in [0.717, 1.165) is 0 Å². The molecular formula is C11H20N2O5. The Morgan fingerprint density at radius 2 is 2.00 bits per heavy atom. The van der Waals surface area contributed by atoms with Crippen molar-refractivity contribution in [3.05, 3.63) is 10.1 Å². The van der Waals surface area contributed by atoms with Crippen molar-refractivity contribution in [2.45, 2.75) is 38.4 Å². The van der Waals surface area contributed by atoms with Crippen molar-refractivity contribution in [2.75, 3.05) is 20.3 Å². The number of hydrogen-bond acceptors (Lipinski definition) is 6. The van der Waals surface area contributed by atoms with Gasteiger partial charge in [0, 0.05) is 11.8 Å². The summed E-state index contributed by atoms with van der Waals surface area (Å²) in [7, 11) is 1.31. The lowest BCUT2D eigenvalue weighted by Crippen LogP contribution is -2.72. The standard InChI is InChI=1S/C11H20N2O5/c1-7(2)9(10(14)17-4)12-11(5-18-6-11)8(3)13(15)16/h7-9,12H,5-6H2,1-4H3/t8?,9-/m0/s1. The van der Waals surface area contributed by atoms with E-state index in [2.05, 4.69) is 5.32 Å². The monoisotopic (exact) mass is 260 g/mol. The lowest BCUT2D eigenvalue weighted by molar-refractivity contribution is -0.538. The quantitative estimate of drug-likeness (QED) is 0.417. The summed E-state index contributed by atoms with van der Waals surface area (Å²) < 4.78 is 9.80. The number of nitrogens with one attached hydrogen (secondary N) is 1. The largest absolute Gasteiger partial charge is 0.468 e. The Bertz CT molecular complexity index is 327. The Hall–Kier alpha value is -1.21. The molecule has 7 nitrogen and oxygen atoms in total. The molecule has 1 rings (SSSR count). The Balaban J connectivity index is 2.83. The van der Waals surface area contributed by atoms with E-state index >= 15 is 0 Å². The molecule has 0 aromatic carbocycles. The molecule has 1 unspecified atom stereocenters. The van der Waals surface area contributed by atoms with Gasteiger partial charge >= 0.3 is 5.97 Å². The van der Waals surface area contributed by atoms with E-state index in [1.165, 1.54) is 14.0 Å². The second-order valence-corrected chi connectivity index (χ2v) is 5.00. The fourth-order valence-electron chi connectivity index (χ4n) is 1.90. The summed E-state index contributed by atoms with van der Waals surface area (Å²) in [6, 6.07) is -1.39. The molecule has 0 saturated carbocycles. The zero-order chi connectivity index (χ0) is 13.9. The number of hydrogen-bond donors (Lipinski definition) is 1. The molecule has 1 heterocycles. The molecular weight excluding hydrogens is 240 g/mol. The van der Waals surface area contributed by atoms with Gasteiger partial charge < -0.3 is 9.47 Å². The minimum atomic E-state index is -0.822. The average molecular weight is 260 g/mol. The molecule has 1 saturated heterocycles. The fourth-order valence-corrected chi connectivity index (χ4v) is 1.90. The summed E-state index contributed by atoms with van der Waals surface area (Å²) >= 11 is 0. The Morgan fingerprint density at radius 3 is 2.28 bits per heavy atom. The van der Waals surface area contributed by atoms with Crippen molar-refractivity contribution in [1.82, 2.24) is 5.32 Å². The second kappa shape index (κ2) is 5.62. The molecule has 0 amide bonds. The Morgan fingerprint density at radius 1 is 1.44 bits per heavy atom. The molecule has 2 atom stereocenters. The van der Waals surface area contributed by atoms with Gasteiger partial charge in [0.05, 0.1) is 20.3 Å². The van der Waals surface area contributed by atoms with Gasteiger partial charge in [0.2, 0.25) is 6.04 Å². The number of rotatable bonds is 6. The van der Waals surface area contributed by atoms with Crippen LogP contribution in [0.25, 0.3) is 0 Å². The number of ether oxygens (including phenoxy) is 2. The van der Waals surface area contributed by atoms with Gasteiger partial charge in [-0.1, -0.05) is 13.8 Å². The first-order valence-electron chi connectivity index (χ1n) is 5.91. The molecule has 0 bridgehead atoms. The summed E-state index contributed by atoms with van der Waals surface area (Å²) in [5.74, 6) is -0.430. The Kier molecular flexibility index (Phi) is 4.64. The van der Waals surface area contributed by atoms with E-state index in [1.54, 1.807) is 0 Å². The van der Waals surface area contributed by atoms with Crippen LogP contribution in [-0.2, 0) is 14.3 Å². The molecule has 104 valence electrons. The third-order valence-electron chi connectivity index (χ3n) is 3.40. The zero-order valence-electron chi connectivity index (χ0n) is 11.1. The second-order valence-electron chi connectivity index (χ2n) is 5.00. The number of methoxy groups -OCH3 is 1. The molecule has 0 aliphatic carbocycles. The van der Waals surface area contributed by atoms with E-state index < -0.39 is 23.6 Å². The molecule has 1 aliphatic rings. The molecule has 7 heteroatoms. The fraction of sp³-hybridized carbons (Fsp3) is 0.909. The van der Waals surface area contributed by atoms with Crippen LogP contribution in [0.3, 0.4) is 0 Å². The maximum Gasteiger partial charge on any atom is 0.323 e. The van der Waals surface area contributed by atoms with E-state index in [4.69, 9.17) is 9.47 Å². The van der Waals surface area contributed by atoms with Gasteiger partial charge in [0.1, 0.15) is 11.6 Å². The molecule has 0 aromatic rings. The van der Waals surface area contributed by atoms with E-state index in [0.29, 0.717) is 0 Å². The highest BCUT2D eigenvalue weighted by Crippen LogP contribution is 2.25. The lowest BCUT2D eigenvalue weighted by Gasteiger charge is -2.44. The third-order valence-corrected chi connectivity index (χ3v) is 3.40. The normalized spacial score (nSPS) is 20.9. The summed E-state index contributed by atoms with van der Waals surface area (Å²) in [6.45, 7) is 5.70. The van der Waals surface area contributed by atoms with Crippen LogP contribution in [0.15, 0.2) is 0 Å². The summed E-state index contributed by atoms with van der Waals surface area (Å²) in [4.78, 5) is 22.2. The van der Waals surface area contributed by atoms with Crippen LogP contribution in [0.5, 0.6) is 0 Å². The van der Waals surface area contributed by atoms with Crippen molar-refractivity contribution < 1.29 is 19.2 Å². The predicted octanol–water partition coefficient (Wildman–Crippen LogP) is 0.208. The molecule has 1 aliphatic heterocycles. The van der Waals surface area contributed by atoms with E-state index in [-0.39, 0.29) is 24.1 Å². The van der Waals surface area contributed by atoms with Crippen LogP contribution >= 0.6 is 0 Å². The van der Waals surface area contributed by atoms with Gasteiger partial charge in [-0.2, -0.15) is 0 Å². The van der Waals surface area contributed by atoms with Gasteiger partial charge in [-0.3, -0.25) is 20.2 Å². The van der Waals surface area contributed by atoms with Gasteiger partial charge in [-0.25, -0.2) is 0 Å². The van der Waals surface area contributed by atoms with Gasteiger partial charge in [-0.15, -0.1) is 0 Å². The first kappa shape index (κ1) is 14.8. The molecule has 1 fully saturated rings. The first-order chi connectivity index (χ1) is 8.34. The van der Waals surface area contributed by atoms with Gasteiger partial charge in [-0.05, 0) is 5.92 Å². The molecule has 1 N–H and O–H groups in total. The van der Waals surface area contributed by atoms with Crippen molar-refractivity contribution >= 4 is 5.97 Å². The number of nitrogens with zero attached hydrogens (tertiary/aromatic N) is 1. The predicted molar refractivity (Wildman–Crippen MR) is 63.8 cm³/mol. The van der Waals surface area contributed by atoms with Crippen LogP contribution in [0, 0.1) is 16.0 Å². The average Bonchev–Trinajstić information content (AvgIpc) is 2.26. The van der Waals surface area contributed by atoms with Gasteiger partial charge in [0.25, 0.3) is 0 Å². The summed E-state index contributed by atoms with van der Waals surface area (Å²) in [6.07, 6.45) is 0. The number of carbonyl (C=O) groups is 1. The topological polar surface area (TPSA) is 90.7 Å². The maximum absolute atomic E-state index is 11.7. The van der Waals surface area contributed by atoms with E-state index in [9.17, 15) is 14.9 Å². The minimum Gasteiger partial charge on any atom is -0.468 e. The van der Waals surface area contributed by atoms with Gasteiger partial charge in [0.15, 0.2) is 0 Å². The molecule has 0 spiro atoms. The van der Waals surface area contributed by atoms with E-state index in [1.807, 2.05) is 13.8 Å². The van der Waals surface area contributed by atoms with Crippen molar-refractivity contribution in [2.24, 2.45) is 5.92 Å². The molecule has 0 aromatic heterocycles. The number of nitro groups is 1. The zero-order valence-corrected chi connectivity index (χ0v) is 11.1. The molecule has 18 heavy (non-hydrogen) atoms. The van der Waals surface area contributed by atoms with Crippen LogP contribution < -0.4 is 5.32 Å². The Labute approximate surface area is 106 Å². The lowest BCUT2D eigenvalue weighted by atomic mass is 9.87. The van der Waals surface area contributed by atoms with Crippen molar-refractivity contribution in [3.63, 3.8) is 0 Å². The van der Waals surface area contributed by atoms with Crippen molar-refractivity contribution in [3.8, 4) is 0 Å². The highest BCUT2D eigenvalue weighted by Gasteiger charge is 2.52. The third kappa shape index (κ3) is 2.78. The SMILES string of the molecule is COC(=O)[C@@H](NC1(C(C)[N+](=O)[O-])COC1)C(C)C. The summed E-state index contributed by atoms with van der Waals surface area (Å²) in [5, 5.41) is 14.0. The maximum atomic E-state index is 11.7. The van der Waals surface area contributed by atoms with Crippen LogP contribution in [0.1, 0.15) is 20.8 Å².